The lowest BCUT2D eigenvalue weighted by atomic mass is 9.91. The Morgan fingerprint density at radius 2 is 0.981 bits per heavy atom. The van der Waals surface area contributed by atoms with E-state index in [-0.39, 0.29) is 47.3 Å². The van der Waals surface area contributed by atoms with E-state index in [0.717, 1.165) is 5.56 Å². The number of ether oxygens (including phenoxy) is 2. The van der Waals surface area contributed by atoms with Crippen LogP contribution >= 0.6 is 0 Å². The van der Waals surface area contributed by atoms with E-state index in [9.17, 15) is 39.4 Å². The lowest BCUT2D eigenvalue weighted by Gasteiger charge is -2.38. The highest BCUT2D eigenvalue weighted by Gasteiger charge is 2.38. The second kappa shape index (κ2) is 18.1. The molecular weight excluding hydrogens is 700 g/mol. The van der Waals surface area contributed by atoms with Crippen LogP contribution in [0.25, 0.3) is 0 Å². The van der Waals surface area contributed by atoms with Gasteiger partial charge >= 0.3 is 12.2 Å². The number of carbonyl (C=O) groups excluding carboxylic acids is 4. The Kier molecular flexibility index (Phi) is 14.2. The summed E-state index contributed by atoms with van der Waals surface area (Å²) in [5, 5.41) is 20.8. The van der Waals surface area contributed by atoms with E-state index in [1.807, 2.05) is 39.0 Å². The first-order chi connectivity index (χ1) is 25.1. The predicted octanol–water partition coefficient (Wildman–Crippen LogP) is 6.00. The molecule has 290 valence electrons. The van der Waals surface area contributed by atoms with Crippen LogP contribution in [-0.4, -0.2) is 80.8 Å². The maximum Gasteiger partial charge on any atom is 0.410 e. The van der Waals surface area contributed by atoms with Crippen LogP contribution in [0.5, 0.6) is 0 Å². The molecular formula is C38H48N6O10. The van der Waals surface area contributed by atoms with E-state index in [4.69, 9.17) is 20.9 Å². The topological polar surface area (TPSA) is 232 Å². The number of amides is 2. The van der Waals surface area contributed by atoms with E-state index in [2.05, 4.69) is 0 Å². The van der Waals surface area contributed by atoms with Gasteiger partial charge in [0.15, 0.2) is 0 Å². The van der Waals surface area contributed by atoms with E-state index in [0.29, 0.717) is 49.5 Å². The Morgan fingerprint density at radius 1 is 0.630 bits per heavy atom. The summed E-state index contributed by atoms with van der Waals surface area (Å²) in [6, 6.07) is 19.2. The molecule has 3 aromatic carbocycles. The molecule has 0 atom stereocenters. The van der Waals surface area contributed by atoms with Gasteiger partial charge in [-0.3, -0.25) is 29.8 Å². The normalized spacial score (nSPS) is 14.1. The van der Waals surface area contributed by atoms with E-state index >= 15 is 0 Å². The molecule has 5 rings (SSSR count). The third-order valence-corrected chi connectivity index (χ3v) is 7.89. The van der Waals surface area contributed by atoms with Crippen molar-refractivity contribution in [2.24, 2.45) is 11.8 Å². The Bertz CT molecular complexity index is 1840. The van der Waals surface area contributed by atoms with Crippen LogP contribution in [0.2, 0.25) is 0 Å². The third kappa shape index (κ3) is 13.8. The fourth-order valence-electron chi connectivity index (χ4n) is 5.13. The predicted molar refractivity (Wildman–Crippen MR) is 201 cm³/mol. The van der Waals surface area contributed by atoms with Crippen molar-refractivity contribution in [2.75, 3.05) is 37.6 Å². The summed E-state index contributed by atoms with van der Waals surface area (Å²) < 4.78 is 10.5. The molecule has 2 heterocycles. The molecule has 2 saturated heterocycles. The molecule has 2 amide bonds. The summed E-state index contributed by atoms with van der Waals surface area (Å²) >= 11 is 0. The van der Waals surface area contributed by atoms with Crippen molar-refractivity contribution in [3.63, 3.8) is 0 Å². The number of nitrogens with zero attached hydrogens (tertiary/aromatic N) is 4. The average Bonchev–Trinajstić information content (AvgIpc) is 2.98. The van der Waals surface area contributed by atoms with E-state index < -0.39 is 27.1 Å². The molecule has 16 nitrogen and oxygen atoms in total. The standard InChI is InChI=1S/C16H20N2O5.C16H22N2O3.C6H6N2O2/c1-16(2,3)23-15(20)17-9-12(10-17)14(19)8-11-5-4-6-13(7-11)18(21)22;1-16(2,3)21-15(20)18-9-12(10-18)14(19)8-11-5-4-6-13(17)7-11;7-5-2-1-3-6(4-5)8(9)10/h4-7,12H,8-10H2,1-3H3;4-7,12H,8-10,17H2,1-3H3;1-4H,7H2. The summed E-state index contributed by atoms with van der Waals surface area (Å²) in [6.45, 7) is 12.4. The number of Topliss-reactive ketones (excluding diaryl/α,β-unsaturated/α-hetero) is 2. The molecule has 0 unspecified atom stereocenters. The van der Waals surface area contributed by atoms with Crippen molar-refractivity contribution >= 4 is 46.5 Å². The number of ketones is 2. The summed E-state index contributed by atoms with van der Waals surface area (Å²) in [7, 11) is 0. The maximum absolute atomic E-state index is 12.2. The van der Waals surface area contributed by atoms with Gasteiger partial charge in [-0.2, -0.15) is 0 Å². The number of nitro benzene ring substituents is 2. The van der Waals surface area contributed by atoms with Gasteiger partial charge in [0.05, 0.1) is 21.7 Å². The quantitative estimate of drug-likeness (QED) is 0.153. The monoisotopic (exact) mass is 748 g/mol. The van der Waals surface area contributed by atoms with Gasteiger partial charge in [-0.1, -0.05) is 30.3 Å². The van der Waals surface area contributed by atoms with Crippen LogP contribution in [-0.2, 0) is 31.9 Å². The smallest absolute Gasteiger partial charge is 0.410 e. The number of nitrogens with two attached hydrogens (primary N) is 2. The zero-order valence-electron chi connectivity index (χ0n) is 31.4. The Labute approximate surface area is 313 Å². The van der Waals surface area contributed by atoms with Crippen LogP contribution in [0.4, 0.5) is 32.3 Å². The molecule has 0 radical (unpaired) electrons. The summed E-state index contributed by atoms with van der Waals surface area (Å²) in [4.78, 5) is 70.8. The van der Waals surface area contributed by atoms with Crippen molar-refractivity contribution in [3.8, 4) is 0 Å². The molecule has 0 spiro atoms. The van der Waals surface area contributed by atoms with Gasteiger partial charge in [0.1, 0.15) is 22.8 Å². The molecule has 0 aliphatic carbocycles. The fourth-order valence-corrected chi connectivity index (χ4v) is 5.13. The first-order valence-electron chi connectivity index (χ1n) is 17.2. The highest BCUT2D eigenvalue weighted by atomic mass is 16.6. The summed E-state index contributed by atoms with van der Waals surface area (Å²) in [6.07, 6.45) is -0.278. The zero-order chi connectivity index (χ0) is 40.4. The minimum Gasteiger partial charge on any atom is -0.444 e. The van der Waals surface area contributed by atoms with Gasteiger partial charge in [-0.25, -0.2) is 9.59 Å². The molecule has 54 heavy (non-hydrogen) atoms. The maximum atomic E-state index is 12.2. The molecule has 3 aromatic rings. The van der Waals surface area contributed by atoms with Crippen molar-refractivity contribution < 1.29 is 38.5 Å². The fraction of sp³-hybridized carbons (Fsp3) is 0.421. The second-order valence-electron chi connectivity index (χ2n) is 15.0. The van der Waals surface area contributed by atoms with E-state index in [1.54, 1.807) is 56.0 Å². The summed E-state index contributed by atoms with van der Waals surface area (Å²) in [5.74, 6) is -0.216. The van der Waals surface area contributed by atoms with Crippen LogP contribution < -0.4 is 11.5 Å². The molecule has 0 saturated carbocycles. The number of non-ortho nitro benzene ring substituents is 2. The number of likely N-dealkylation sites (tertiary alicyclic amines) is 2. The third-order valence-electron chi connectivity index (χ3n) is 7.89. The SMILES string of the molecule is CC(C)(C)OC(=O)N1CC(C(=O)Cc2cccc(N)c2)C1.CC(C)(C)OC(=O)N1CC(C(=O)Cc2cccc([N+](=O)[O-])c2)C1.Nc1cccc([N+](=O)[O-])c1. The largest absolute Gasteiger partial charge is 0.444 e. The van der Waals surface area contributed by atoms with Gasteiger partial charge < -0.3 is 30.7 Å². The highest BCUT2D eigenvalue weighted by molar-refractivity contribution is 5.87. The van der Waals surface area contributed by atoms with Gasteiger partial charge in [-0.05, 0) is 70.9 Å². The molecule has 0 aromatic heterocycles. The van der Waals surface area contributed by atoms with Crippen LogP contribution in [0.3, 0.4) is 0 Å². The minimum atomic E-state index is -0.560. The molecule has 2 aliphatic heterocycles. The minimum absolute atomic E-state index is 0.0229. The number of rotatable bonds is 8. The van der Waals surface area contributed by atoms with Crippen molar-refractivity contribution in [1.29, 1.82) is 0 Å². The summed E-state index contributed by atoms with van der Waals surface area (Å²) in [5.41, 5.74) is 12.5. The number of anilines is 2. The first kappa shape index (κ1) is 42.4. The molecule has 2 fully saturated rings. The van der Waals surface area contributed by atoms with Crippen LogP contribution in [0.1, 0.15) is 52.7 Å². The Hall–Kier alpha value is -6.06. The number of nitro groups is 2. The lowest BCUT2D eigenvalue weighted by Crippen LogP contribution is -2.54. The number of hydrogen-bond acceptors (Lipinski definition) is 12. The highest BCUT2D eigenvalue weighted by Crippen LogP contribution is 2.24. The van der Waals surface area contributed by atoms with Crippen molar-refractivity contribution in [1.82, 2.24) is 9.80 Å². The Balaban J connectivity index is 0.000000234. The van der Waals surface area contributed by atoms with Crippen molar-refractivity contribution in [2.45, 2.75) is 65.6 Å². The second-order valence-corrected chi connectivity index (χ2v) is 15.0. The van der Waals surface area contributed by atoms with E-state index in [1.165, 1.54) is 29.2 Å². The van der Waals surface area contributed by atoms with Crippen molar-refractivity contribution in [3.05, 3.63) is 104 Å². The first-order valence-corrected chi connectivity index (χ1v) is 17.2. The Morgan fingerprint density at radius 3 is 1.33 bits per heavy atom. The molecule has 4 N–H and O–H groups in total. The van der Waals surface area contributed by atoms with Crippen LogP contribution in [0, 0.1) is 32.1 Å². The number of hydrogen-bond donors (Lipinski definition) is 2. The number of carbonyl (C=O) groups is 4. The number of nitrogen functional groups attached to an aromatic ring is 2. The van der Waals surface area contributed by atoms with Gasteiger partial charge in [0.25, 0.3) is 11.4 Å². The zero-order valence-corrected chi connectivity index (χ0v) is 31.4. The van der Waals surface area contributed by atoms with Crippen LogP contribution in [0.15, 0.2) is 72.8 Å². The van der Waals surface area contributed by atoms with Gasteiger partial charge in [0.2, 0.25) is 0 Å². The average molecular weight is 749 g/mol. The molecule has 2 aliphatic rings. The molecule has 0 bridgehead atoms. The van der Waals surface area contributed by atoms with Gasteiger partial charge in [0, 0.05) is 74.7 Å². The van der Waals surface area contributed by atoms with Gasteiger partial charge in [-0.15, -0.1) is 0 Å². The number of benzene rings is 3. The molecule has 16 heteroatoms. The lowest BCUT2D eigenvalue weighted by molar-refractivity contribution is -0.385.